The number of aromatic nitrogens is 2. The summed E-state index contributed by atoms with van der Waals surface area (Å²) in [5.41, 5.74) is 7.94. The predicted molar refractivity (Wildman–Crippen MR) is 131 cm³/mol. The van der Waals surface area contributed by atoms with Gasteiger partial charge in [-0.2, -0.15) is 0 Å². The van der Waals surface area contributed by atoms with Gasteiger partial charge >= 0.3 is 6.36 Å². The second kappa shape index (κ2) is 11.3. The van der Waals surface area contributed by atoms with E-state index in [1.165, 1.54) is 23.5 Å². The Morgan fingerprint density at radius 1 is 1.08 bits per heavy atom. The van der Waals surface area contributed by atoms with Gasteiger partial charge in [-0.1, -0.05) is 35.5 Å². The van der Waals surface area contributed by atoms with Crippen LogP contribution in [0.15, 0.2) is 59.1 Å². The van der Waals surface area contributed by atoms with Crippen molar-refractivity contribution in [3.8, 4) is 22.8 Å². The Morgan fingerprint density at radius 2 is 1.76 bits per heavy atom. The maximum absolute atomic E-state index is 12.2. The lowest BCUT2D eigenvalue weighted by Crippen LogP contribution is -2.28. The summed E-state index contributed by atoms with van der Waals surface area (Å²) in [4.78, 5) is 29.2. The molecule has 9 nitrogen and oxygen atoms in total. The molecule has 0 atom stereocenters. The highest BCUT2D eigenvalue weighted by Crippen LogP contribution is 2.30. The number of nitrogens with zero attached hydrogens (tertiary/aromatic N) is 2. The number of halogens is 3. The molecule has 0 bridgehead atoms. The zero-order valence-electron chi connectivity index (χ0n) is 19.9. The van der Waals surface area contributed by atoms with Gasteiger partial charge in [0.1, 0.15) is 33.7 Å². The number of hydrogen-bond acceptors (Lipinski definition) is 8. The van der Waals surface area contributed by atoms with Crippen LogP contribution in [0.5, 0.6) is 11.5 Å². The van der Waals surface area contributed by atoms with Gasteiger partial charge in [0, 0.05) is 22.4 Å². The molecule has 0 saturated heterocycles. The van der Waals surface area contributed by atoms with Crippen LogP contribution in [-0.4, -0.2) is 34.9 Å². The maximum Gasteiger partial charge on any atom is 0.573 e. The fourth-order valence-corrected chi connectivity index (χ4v) is 4.51. The van der Waals surface area contributed by atoms with Gasteiger partial charge in [0.25, 0.3) is 11.8 Å². The van der Waals surface area contributed by atoms with Crippen molar-refractivity contribution in [2.45, 2.75) is 26.3 Å². The number of carbonyl (C=O) groups excluding carboxylic acids is 2. The highest BCUT2D eigenvalue weighted by Gasteiger charge is 2.31. The SMILES string of the molecule is Cc1onc(-c2ccccc2)c1Cc1sc(CNC(=O)COc2ccc(OC(F)(F)F)cc2)nc1C(N)=O. The average molecular weight is 547 g/mol. The average Bonchev–Trinajstić information content (AvgIpc) is 3.45. The van der Waals surface area contributed by atoms with E-state index in [1.807, 2.05) is 30.3 Å². The van der Waals surface area contributed by atoms with Gasteiger partial charge < -0.3 is 25.0 Å². The number of alkyl halides is 3. The van der Waals surface area contributed by atoms with E-state index in [-0.39, 0.29) is 24.6 Å². The zero-order valence-corrected chi connectivity index (χ0v) is 20.7. The molecule has 0 saturated carbocycles. The van der Waals surface area contributed by atoms with E-state index >= 15 is 0 Å². The molecule has 13 heteroatoms. The van der Waals surface area contributed by atoms with Crippen LogP contribution < -0.4 is 20.5 Å². The quantitative estimate of drug-likeness (QED) is 0.302. The molecule has 4 rings (SSSR count). The first-order valence-electron chi connectivity index (χ1n) is 11.1. The Labute approximate surface area is 218 Å². The molecule has 2 heterocycles. The normalized spacial score (nSPS) is 11.3. The van der Waals surface area contributed by atoms with Crippen molar-refractivity contribution in [2.24, 2.45) is 5.73 Å². The van der Waals surface area contributed by atoms with Crippen molar-refractivity contribution in [3.05, 3.63) is 81.5 Å². The molecule has 0 radical (unpaired) electrons. The van der Waals surface area contributed by atoms with Crippen LogP contribution >= 0.6 is 11.3 Å². The number of amides is 2. The Kier molecular flexibility index (Phi) is 7.96. The highest BCUT2D eigenvalue weighted by atomic mass is 32.1. The number of nitrogens with two attached hydrogens (primary N) is 1. The molecule has 0 aliphatic carbocycles. The number of carbonyl (C=O) groups is 2. The van der Waals surface area contributed by atoms with E-state index < -0.39 is 23.9 Å². The summed E-state index contributed by atoms with van der Waals surface area (Å²) >= 11 is 1.22. The van der Waals surface area contributed by atoms with Crippen molar-refractivity contribution >= 4 is 23.2 Å². The molecule has 2 aromatic heterocycles. The summed E-state index contributed by atoms with van der Waals surface area (Å²) in [7, 11) is 0. The number of nitrogens with one attached hydrogen (secondary N) is 1. The van der Waals surface area contributed by atoms with Gasteiger partial charge in [0.2, 0.25) is 0 Å². The molecule has 0 aliphatic heterocycles. The van der Waals surface area contributed by atoms with Gasteiger partial charge in [-0.3, -0.25) is 9.59 Å². The van der Waals surface area contributed by atoms with Gasteiger partial charge in [-0.15, -0.1) is 24.5 Å². The Balaban J connectivity index is 1.38. The number of aryl methyl sites for hydroxylation is 1. The van der Waals surface area contributed by atoms with E-state index in [0.29, 0.717) is 27.8 Å². The van der Waals surface area contributed by atoms with Crippen LogP contribution in [0.2, 0.25) is 0 Å². The van der Waals surface area contributed by atoms with Crippen molar-refractivity contribution in [3.63, 3.8) is 0 Å². The Hall–Kier alpha value is -4.39. The van der Waals surface area contributed by atoms with E-state index in [1.54, 1.807) is 6.92 Å². The topological polar surface area (TPSA) is 130 Å². The molecule has 2 amide bonds. The molecule has 4 aromatic rings. The molecular formula is C25H21F3N4O5S. The number of primary amides is 1. The summed E-state index contributed by atoms with van der Waals surface area (Å²) in [6.45, 7) is 1.40. The first-order valence-corrected chi connectivity index (χ1v) is 11.9. The molecule has 198 valence electrons. The van der Waals surface area contributed by atoms with Crippen LogP contribution in [0.4, 0.5) is 13.2 Å². The van der Waals surface area contributed by atoms with Crippen LogP contribution in [0.3, 0.4) is 0 Å². The number of hydrogen-bond donors (Lipinski definition) is 2. The Morgan fingerprint density at radius 3 is 2.42 bits per heavy atom. The largest absolute Gasteiger partial charge is 0.573 e. The van der Waals surface area contributed by atoms with Crippen LogP contribution in [-0.2, 0) is 17.8 Å². The minimum Gasteiger partial charge on any atom is -0.484 e. The summed E-state index contributed by atoms with van der Waals surface area (Å²) < 4.78 is 51.2. The smallest absolute Gasteiger partial charge is 0.484 e. The third-order valence-electron chi connectivity index (χ3n) is 5.21. The molecule has 38 heavy (non-hydrogen) atoms. The van der Waals surface area contributed by atoms with Crippen LogP contribution in [0.25, 0.3) is 11.3 Å². The zero-order chi connectivity index (χ0) is 27.3. The fraction of sp³-hybridized carbons (Fsp3) is 0.200. The minimum absolute atomic E-state index is 0.0136. The van der Waals surface area contributed by atoms with Gasteiger partial charge in [-0.25, -0.2) is 4.98 Å². The lowest BCUT2D eigenvalue weighted by atomic mass is 10.0. The first-order chi connectivity index (χ1) is 18.1. The lowest BCUT2D eigenvalue weighted by Gasteiger charge is -2.10. The third-order valence-corrected chi connectivity index (χ3v) is 6.26. The molecule has 0 spiro atoms. The maximum atomic E-state index is 12.2. The summed E-state index contributed by atoms with van der Waals surface area (Å²) in [6, 6.07) is 14.1. The van der Waals surface area contributed by atoms with Crippen molar-refractivity contribution in [1.29, 1.82) is 0 Å². The molecule has 2 aromatic carbocycles. The van der Waals surface area contributed by atoms with Crippen LogP contribution in [0, 0.1) is 6.92 Å². The number of thiazole rings is 1. The van der Waals surface area contributed by atoms with E-state index in [0.717, 1.165) is 23.3 Å². The molecule has 3 N–H and O–H groups in total. The van der Waals surface area contributed by atoms with Crippen LogP contribution in [0.1, 0.15) is 31.7 Å². The third kappa shape index (κ3) is 6.88. The van der Waals surface area contributed by atoms with E-state index in [9.17, 15) is 22.8 Å². The van der Waals surface area contributed by atoms with Gasteiger partial charge in [0.15, 0.2) is 6.61 Å². The summed E-state index contributed by atoms with van der Waals surface area (Å²) in [5.74, 6) is -0.834. The van der Waals surface area contributed by atoms with Gasteiger partial charge in [0.05, 0.1) is 6.54 Å². The molecule has 0 aliphatic rings. The number of benzene rings is 2. The highest BCUT2D eigenvalue weighted by molar-refractivity contribution is 7.12. The van der Waals surface area contributed by atoms with Crippen molar-refractivity contribution in [2.75, 3.05) is 6.61 Å². The monoisotopic (exact) mass is 546 g/mol. The standard InChI is InChI=1S/C25H21F3N4O5S/c1-14-18(22(32-37-14)15-5-3-2-4-6-15)11-19-23(24(29)34)31-21(38-19)12-30-20(33)13-35-16-7-9-17(10-8-16)36-25(26,27)28/h2-10H,11-13H2,1H3,(H2,29,34)(H,30,33). The second-order valence-corrected chi connectivity index (χ2v) is 9.11. The lowest BCUT2D eigenvalue weighted by molar-refractivity contribution is -0.274. The second-order valence-electron chi connectivity index (χ2n) is 7.94. The predicted octanol–water partition coefficient (Wildman–Crippen LogP) is 4.39. The summed E-state index contributed by atoms with van der Waals surface area (Å²) in [6.07, 6.45) is -4.49. The number of rotatable bonds is 10. The first kappa shape index (κ1) is 26.7. The number of ether oxygens (including phenoxy) is 2. The van der Waals surface area contributed by atoms with E-state index in [2.05, 4.69) is 20.2 Å². The van der Waals surface area contributed by atoms with Crippen molar-refractivity contribution in [1.82, 2.24) is 15.5 Å². The fourth-order valence-electron chi connectivity index (χ4n) is 3.48. The van der Waals surface area contributed by atoms with E-state index in [4.69, 9.17) is 15.0 Å². The van der Waals surface area contributed by atoms with Gasteiger partial charge in [-0.05, 0) is 31.2 Å². The molecule has 0 fully saturated rings. The van der Waals surface area contributed by atoms with Crippen molar-refractivity contribution < 1.29 is 36.8 Å². The molecular weight excluding hydrogens is 525 g/mol. The Bertz CT molecular complexity index is 1420. The molecule has 0 unspecified atom stereocenters. The summed E-state index contributed by atoms with van der Waals surface area (Å²) in [5, 5.41) is 7.23. The minimum atomic E-state index is -4.80.